The number of hydrogen-bond acceptors (Lipinski definition) is 6. The van der Waals surface area contributed by atoms with Crippen LogP contribution in [0.1, 0.15) is 110 Å². The predicted molar refractivity (Wildman–Crippen MR) is 189 cm³/mol. The average molecular weight is 671 g/mol. The minimum atomic E-state index is -0.484. The standard InChI is InChI=1S/C42H58N2O5/c1-8-48-34(46)24-44-23-29-22-38(4)32(39(5,26-45)36(29)43-44)17-18-41(7)33(38)15-14-31-35-30(27(2)3)16-19-42(35,21-20-40(31,41)6)37(47)49-25-28-12-10-9-11-13-28/h9-13,23,30-33,35,45H,2,8,14-22,24-26H2,1,3-7H3/t30-,31+,32+,33+,35+,38-,39-,40+,41+,42-/m0/s1. The third-order valence-corrected chi connectivity index (χ3v) is 15.6. The fourth-order valence-corrected chi connectivity index (χ4v) is 13.3. The number of rotatable bonds is 8. The molecular weight excluding hydrogens is 612 g/mol. The quantitative estimate of drug-likeness (QED) is 0.227. The molecular formula is C42H58N2O5. The summed E-state index contributed by atoms with van der Waals surface area (Å²) in [4.78, 5) is 26.8. The smallest absolute Gasteiger partial charge is 0.327 e. The maximum atomic E-state index is 14.3. The van der Waals surface area contributed by atoms with E-state index < -0.39 is 10.8 Å². The van der Waals surface area contributed by atoms with Gasteiger partial charge >= 0.3 is 11.9 Å². The monoisotopic (exact) mass is 670 g/mol. The molecule has 0 bridgehead atoms. The van der Waals surface area contributed by atoms with Gasteiger partial charge in [-0.1, -0.05) is 70.2 Å². The van der Waals surface area contributed by atoms with Crippen molar-refractivity contribution in [3.05, 3.63) is 65.5 Å². The molecule has 5 aliphatic rings. The molecule has 0 amide bonds. The Bertz CT molecular complexity index is 1620. The molecule has 1 N–H and O–H groups in total. The Morgan fingerprint density at radius 2 is 1.71 bits per heavy atom. The van der Waals surface area contributed by atoms with Gasteiger partial charge in [0.15, 0.2) is 0 Å². The molecule has 7 rings (SSSR count). The molecule has 49 heavy (non-hydrogen) atoms. The zero-order valence-corrected chi connectivity index (χ0v) is 30.7. The van der Waals surface area contributed by atoms with Gasteiger partial charge < -0.3 is 14.6 Å². The minimum absolute atomic E-state index is 0.00783. The van der Waals surface area contributed by atoms with Gasteiger partial charge in [-0.25, -0.2) is 0 Å². The molecule has 2 aromatic rings. The van der Waals surface area contributed by atoms with E-state index >= 15 is 0 Å². The van der Waals surface area contributed by atoms with Crippen LogP contribution in [0.15, 0.2) is 48.7 Å². The Balaban J connectivity index is 1.22. The van der Waals surface area contributed by atoms with E-state index in [0.29, 0.717) is 31.0 Å². The van der Waals surface area contributed by atoms with E-state index in [-0.39, 0.29) is 53.2 Å². The van der Waals surface area contributed by atoms with E-state index in [4.69, 9.17) is 14.6 Å². The third kappa shape index (κ3) is 4.94. The first kappa shape index (κ1) is 34.5. The summed E-state index contributed by atoms with van der Waals surface area (Å²) < 4.78 is 13.2. The Labute approximate surface area is 293 Å². The summed E-state index contributed by atoms with van der Waals surface area (Å²) in [7, 11) is 0. The van der Waals surface area contributed by atoms with E-state index in [1.165, 1.54) is 5.57 Å². The minimum Gasteiger partial charge on any atom is -0.465 e. The van der Waals surface area contributed by atoms with Crippen LogP contribution in [0.4, 0.5) is 0 Å². The van der Waals surface area contributed by atoms with Crippen molar-refractivity contribution in [3.8, 4) is 0 Å². The molecule has 0 unspecified atom stereocenters. The van der Waals surface area contributed by atoms with Gasteiger partial charge in [0.05, 0.1) is 24.3 Å². The molecule has 1 aromatic heterocycles. The molecule has 7 heteroatoms. The number of carbonyl (C=O) groups is 2. The Morgan fingerprint density at radius 3 is 2.41 bits per heavy atom. The molecule has 0 aliphatic heterocycles. The summed E-state index contributed by atoms with van der Waals surface area (Å²) in [6.45, 7) is 19.2. The van der Waals surface area contributed by atoms with E-state index in [1.54, 1.807) is 4.68 Å². The molecule has 5 aliphatic carbocycles. The van der Waals surface area contributed by atoms with Crippen LogP contribution in [0.3, 0.4) is 0 Å². The van der Waals surface area contributed by atoms with Crippen LogP contribution in [-0.2, 0) is 44.1 Å². The lowest BCUT2D eigenvalue weighted by Gasteiger charge is -2.72. The Kier molecular flexibility index (Phi) is 8.52. The molecule has 0 saturated heterocycles. The summed E-state index contributed by atoms with van der Waals surface area (Å²) in [5.41, 5.74) is 3.56. The Hall–Kier alpha value is -2.93. The van der Waals surface area contributed by atoms with Gasteiger partial charge in [-0.05, 0) is 129 Å². The van der Waals surface area contributed by atoms with Crippen molar-refractivity contribution in [2.75, 3.05) is 13.2 Å². The van der Waals surface area contributed by atoms with Crippen LogP contribution in [0.2, 0.25) is 0 Å². The summed E-state index contributed by atoms with van der Waals surface area (Å²) in [5.74, 6) is 1.48. The largest absolute Gasteiger partial charge is 0.465 e. The number of benzene rings is 1. The van der Waals surface area contributed by atoms with Crippen molar-refractivity contribution < 1.29 is 24.2 Å². The van der Waals surface area contributed by atoms with E-state index in [2.05, 4.69) is 41.2 Å². The molecule has 1 heterocycles. The fraction of sp³-hybridized carbons (Fsp3) is 0.690. The van der Waals surface area contributed by atoms with Crippen molar-refractivity contribution in [1.29, 1.82) is 0 Å². The zero-order chi connectivity index (χ0) is 35.0. The van der Waals surface area contributed by atoms with Crippen molar-refractivity contribution in [2.45, 2.75) is 118 Å². The first-order valence-corrected chi connectivity index (χ1v) is 19.0. The second-order valence-corrected chi connectivity index (χ2v) is 17.7. The van der Waals surface area contributed by atoms with Crippen LogP contribution in [0, 0.1) is 51.2 Å². The number of esters is 2. The van der Waals surface area contributed by atoms with Crippen LogP contribution < -0.4 is 0 Å². The van der Waals surface area contributed by atoms with Crippen molar-refractivity contribution in [2.24, 2.45) is 51.2 Å². The predicted octanol–water partition coefficient (Wildman–Crippen LogP) is 7.83. The molecule has 1 aromatic carbocycles. The maximum Gasteiger partial charge on any atom is 0.327 e. The number of aromatic nitrogens is 2. The van der Waals surface area contributed by atoms with Crippen molar-refractivity contribution >= 4 is 11.9 Å². The first-order chi connectivity index (χ1) is 23.3. The molecule has 0 spiro atoms. The maximum absolute atomic E-state index is 14.3. The summed E-state index contributed by atoms with van der Waals surface area (Å²) in [6.07, 6.45) is 11.1. The molecule has 4 saturated carbocycles. The normalized spacial score (nSPS) is 40.6. The molecule has 10 atom stereocenters. The van der Waals surface area contributed by atoms with E-state index in [0.717, 1.165) is 74.6 Å². The number of aliphatic hydroxyl groups excluding tert-OH is 1. The van der Waals surface area contributed by atoms with E-state index in [1.807, 2.05) is 43.5 Å². The molecule has 4 fully saturated rings. The van der Waals surface area contributed by atoms with Gasteiger partial charge in [0, 0.05) is 11.6 Å². The summed E-state index contributed by atoms with van der Waals surface area (Å²) in [6, 6.07) is 10.1. The second-order valence-electron chi connectivity index (χ2n) is 17.7. The number of allylic oxidation sites excluding steroid dienone is 1. The number of carbonyl (C=O) groups excluding carboxylic acids is 2. The second kappa shape index (κ2) is 12.1. The fourth-order valence-electron chi connectivity index (χ4n) is 13.3. The van der Waals surface area contributed by atoms with Gasteiger partial charge in [-0.3, -0.25) is 14.3 Å². The highest BCUT2D eigenvalue weighted by Crippen LogP contribution is 2.77. The number of hydrogen-bond donors (Lipinski definition) is 1. The molecule has 0 radical (unpaired) electrons. The highest BCUT2D eigenvalue weighted by Gasteiger charge is 2.72. The van der Waals surface area contributed by atoms with Crippen LogP contribution >= 0.6 is 0 Å². The van der Waals surface area contributed by atoms with Gasteiger partial charge in [-0.2, -0.15) is 5.10 Å². The molecule has 266 valence electrons. The van der Waals surface area contributed by atoms with Gasteiger partial charge in [0.25, 0.3) is 0 Å². The summed E-state index contributed by atoms with van der Waals surface area (Å²) in [5, 5.41) is 16.1. The highest BCUT2D eigenvalue weighted by atomic mass is 16.5. The van der Waals surface area contributed by atoms with Crippen LogP contribution in [-0.4, -0.2) is 40.0 Å². The van der Waals surface area contributed by atoms with Crippen LogP contribution in [0.25, 0.3) is 0 Å². The number of ether oxygens (including phenoxy) is 2. The summed E-state index contributed by atoms with van der Waals surface area (Å²) >= 11 is 0. The Morgan fingerprint density at radius 1 is 0.959 bits per heavy atom. The van der Waals surface area contributed by atoms with Crippen LogP contribution in [0.5, 0.6) is 0 Å². The molecule has 7 nitrogen and oxygen atoms in total. The lowest BCUT2D eigenvalue weighted by Crippen LogP contribution is -2.67. The van der Waals surface area contributed by atoms with E-state index in [9.17, 15) is 14.7 Å². The SMILES string of the molecule is C=C(C)[C@@H]1CC[C@]2(C(=O)OCc3ccccc3)CC[C@]3(C)[C@H](CC[C@@H]4[C@@]5(C)Cc6cn(CC(=O)OCC)nc6[C@@](C)(CO)[C@@H]5CC[C@]43C)[C@@H]12. The first-order valence-electron chi connectivity index (χ1n) is 19.0. The topological polar surface area (TPSA) is 90.7 Å². The van der Waals surface area contributed by atoms with Gasteiger partial charge in [0.1, 0.15) is 13.2 Å². The lowest BCUT2D eigenvalue weighted by atomic mass is 9.32. The number of fused-ring (bicyclic) bond motifs is 8. The lowest BCUT2D eigenvalue weighted by molar-refractivity contribution is -0.231. The third-order valence-electron chi connectivity index (χ3n) is 15.6. The van der Waals surface area contributed by atoms with Gasteiger partial charge in [0.2, 0.25) is 0 Å². The van der Waals surface area contributed by atoms with Crippen molar-refractivity contribution in [1.82, 2.24) is 9.78 Å². The van der Waals surface area contributed by atoms with Crippen molar-refractivity contribution in [3.63, 3.8) is 0 Å². The average Bonchev–Trinajstić information content (AvgIpc) is 3.67. The van der Waals surface area contributed by atoms with Gasteiger partial charge in [-0.15, -0.1) is 0 Å². The highest BCUT2D eigenvalue weighted by molar-refractivity contribution is 5.78. The number of aliphatic hydroxyl groups is 1. The zero-order valence-electron chi connectivity index (χ0n) is 30.7. The number of nitrogens with zero attached hydrogens (tertiary/aromatic N) is 2.